The van der Waals surface area contributed by atoms with Crippen molar-refractivity contribution in [1.82, 2.24) is 10.3 Å². The van der Waals surface area contributed by atoms with Gasteiger partial charge in [0.05, 0.1) is 32.8 Å². The molecular weight excluding hydrogens is 649 g/mol. The fraction of sp³-hybridized carbons (Fsp3) is 0.111. The van der Waals surface area contributed by atoms with Crippen LogP contribution in [-0.4, -0.2) is 49.8 Å². The second-order valence-corrected chi connectivity index (χ2v) is 12.0. The maximum atomic E-state index is 13.4. The van der Waals surface area contributed by atoms with Crippen LogP contribution in [0.1, 0.15) is 15.9 Å². The van der Waals surface area contributed by atoms with Gasteiger partial charge in [-0.25, -0.2) is 4.98 Å². The zero-order valence-corrected chi connectivity index (χ0v) is 27.9. The lowest BCUT2D eigenvalue weighted by molar-refractivity contribution is -0.114. The van der Waals surface area contributed by atoms with Crippen LogP contribution >= 0.6 is 23.1 Å². The number of thioether (sulfide) groups is 1. The Bertz CT molecular complexity index is 1930. The number of nitrogens with one attached hydrogen (secondary N) is 3. The standard InChI is InChI=1S/C36H32N4O6S2/c1-44-27-11-7-10-25(20-27)30-21-48-36(39-30)40-33(41)22-47-28-15-13-26(14-16-28)37-35(43)29(38-34(42)24-8-5-4-6-9-24)18-23-12-17-31(45-2)32(19-23)46-3/h4-21H,22H2,1-3H3,(H,37,43)(H,38,42)(H,39,40,41)/b29-18-. The summed E-state index contributed by atoms with van der Waals surface area (Å²) in [4.78, 5) is 44.4. The maximum Gasteiger partial charge on any atom is 0.272 e. The Hall–Kier alpha value is -5.59. The first-order chi connectivity index (χ1) is 23.3. The summed E-state index contributed by atoms with van der Waals surface area (Å²) in [6, 6.07) is 28.4. The molecule has 0 fully saturated rings. The predicted octanol–water partition coefficient (Wildman–Crippen LogP) is 6.98. The number of aromatic nitrogens is 1. The van der Waals surface area contributed by atoms with E-state index in [1.54, 1.807) is 86.0 Å². The molecule has 3 amide bonds. The van der Waals surface area contributed by atoms with Gasteiger partial charge in [-0.15, -0.1) is 23.1 Å². The molecule has 0 aliphatic heterocycles. The van der Waals surface area contributed by atoms with E-state index in [1.165, 1.54) is 37.3 Å². The molecule has 0 aliphatic carbocycles. The summed E-state index contributed by atoms with van der Waals surface area (Å²) >= 11 is 2.70. The molecule has 4 aromatic carbocycles. The van der Waals surface area contributed by atoms with Crippen LogP contribution < -0.4 is 30.2 Å². The van der Waals surface area contributed by atoms with Crippen molar-refractivity contribution >= 4 is 57.7 Å². The highest BCUT2D eigenvalue weighted by Gasteiger charge is 2.16. The van der Waals surface area contributed by atoms with Gasteiger partial charge in [-0.1, -0.05) is 36.4 Å². The van der Waals surface area contributed by atoms with Gasteiger partial charge in [-0.2, -0.15) is 0 Å². The van der Waals surface area contributed by atoms with Crippen LogP contribution in [0.2, 0.25) is 0 Å². The Morgan fingerprint density at radius 3 is 2.31 bits per heavy atom. The number of carbonyl (C=O) groups is 3. The molecule has 1 aromatic heterocycles. The first-order valence-electron chi connectivity index (χ1n) is 14.6. The van der Waals surface area contributed by atoms with Crippen molar-refractivity contribution in [2.45, 2.75) is 4.90 Å². The van der Waals surface area contributed by atoms with Crippen molar-refractivity contribution in [2.75, 3.05) is 37.7 Å². The van der Waals surface area contributed by atoms with E-state index in [4.69, 9.17) is 14.2 Å². The van der Waals surface area contributed by atoms with Gasteiger partial charge in [-0.05, 0) is 72.3 Å². The van der Waals surface area contributed by atoms with Gasteiger partial charge < -0.3 is 30.2 Å². The second kappa shape index (κ2) is 16.3. The van der Waals surface area contributed by atoms with Gasteiger partial charge in [0.1, 0.15) is 11.4 Å². The summed E-state index contributed by atoms with van der Waals surface area (Å²) in [7, 11) is 4.66. The lowest BCUT2D eigenvalue weighted by atomic mass is 10.1. The molecule has 0 aliphatic rings. The Morgan fingerprint density at radius 1 is 0.812 bits per heavy atom. The lowest BCUT2D eigenvalue weighted by Crippen LogP contribution is -2.30. The normalized spacial score (nSPS) is 10.9. The monoisotopic (exact) mass is 680 g/mol. The topological polar surface area (TPSA) is 128 Å². The van der Waals surface area contributed by atoms with Crippen LogP contribution in [0.15, 0.2) is 113 Å². The Morgan fingerprint density at radius 2 is 1.58 bits per heavy atom. The molecule has 0 saturated carbocycles. The number of anilines is 2. The van der Waals surface area contributed by atoms with Crippen molar-refractivity contribution in [2.24, 2.45) is 0 Å². The highest BCUT2D eigenvalue weighted by Crippen LogP contribution is 2.30. The highest BCUT2D eigenvalue weighted by atomic mass is 32.2. The van der Waals surface area contributed by atoms with Crippen LogP contribution in [0.5, 0.6) is 17.2 Å². The summed E-state index contributed by atoms with van der Waals surface area (Å²) in [6.45, 7) is 0. The van der Waals surface area contributed by atoms with E-state index in [1.807, 2.05) is 29.6 Å². The average Bonchev–Trinajstić information content (AvgIpc) is 3.59. The molecule has 244 valence electrons. The van der Waals surface area contributed by atoms with Crippen LogP contribution in [0.25, 0.3) is 17.3 Å². The molecule has 0 atom stereocenters. The zero-order chi connectivity index (χ0) is 33.9. The summed E-state index contributed by atoms with van der Waals surface area (Å²) in [5.41, 5.74) is 3.21. The number of benzene rings is 4. The van der Waals surface area contributed by atoms with E-state index in [0.717, 1.165) is 21.9 Å². The number of nitrogens with zero attached hydrogens (tertiary/aromatic N) is 1. The third kappa shape index (κ3) is 9.02. The third-order valence-corrected chi connectivity index (χ3v) is 8.62. The molecule has 0 radical (unpaired) electrons. The van der Waals surface area contributed by atoms with E-state index < -0.39 is 11.8 Å². The third-order valence-electron chi connectivity index (χ3n) is 6.85. The van der Waals surface area contributed by atoms with Crippen LogP contribution in [0.4, 0.5) is 10.8 Å². The molecule has 0 unspecified atom stereocenters. The molecule has 0 saturated heterocycles. The minimum atomic E-state index is -0.523. The maximum absolute atomic E-state index is 13.4. The first-order valence-corrected chi connectivity index (χ1v) is 16.5. The Balaban J connectivity index is 1.21. The highest BCUT2D eigenvalue weighted by molar-refractivity contribution is 8.00. The number of ether oxygens (including phenoxy) is 3. The van der Waals surface area contributed by atoms with Gasteiger partial charge in [0, 0.05) is 27.1 Å². The van der Waals surface area contributed by atoms with Crippen molar-refractivity contribution in [1.29, 1.82) is 0 Å². The van der Waals surface area contributed by atoms with Gasteiger partial charge in [0.2, 0.25) is 5.91 Å². The molecule has 5 rings (SSSR count). The molecule has 12 heteroatoms. The number of amides is 3. The van der Waals surface area contributed by atoms with E-state index in [0.29, 0.717) is 33.4 Å². The number of thiazole rings is 1. The minimum absolute atomic E-state index is 0.0305. The summed E-state index contributed by atoms with van der Waals surface area (Å²) in [5.74, 6) is 0.765. The first kappa shape index (κ1) is 33.8. The van der Waals surface area contributed by atoms with Crippen molar-refractivity contribution in [3.63, 3.8) is 0 Å². The van der Waals surface area contributed by atoms with Crippen LogP contribution in [-0.2, 0) is 9.59 Å². The molecule has 3 N–H and O–H groups in total. The molecule has 5 aromatic rings. The largest absolute Gasteiger partial charge is 0.497 e. The molecule has 0 spiro atoms. The van der Waals surface area contributed by atoms with E-state index in [-0.39, 0.29) is 17.4 Å². The Kier molecular flexibility index (Phi) is 11.5. The van der Waals surface area contributed by atoms with Crippen molar-refractivity contribution in [3.05, 3.63) is 119 Å². The summed E-state index contributed by atoms with van der Waals surface area (Å²) in [5, 5.41) is 10.8. The van der Waals surface area contributed by atoms with E-state index >= 15 is 0 Å². The van der Waals surface area contributed by atoms with E-state index in [2.05, 4.69) is 20.9 Å². The van der Waals surface area contributed by atoms with Crippen LogP contribution in [0, 0.1) is 0 Å². The number of methoxy groups -OCH3 is 3. The average molecular weight is 681 g/mol. The number of hydrogen-bond acceptors (Lipinski definition) is 9. The van der Waals surface area contributed by atoms with Gasteiger partial charge in [-0.3, -0.25) is 14.4 Å². The van der Waals surface area contributed by atoms with Gasteiger partial charge >= 0.3 is 0 Å². The van der Waals surface area contributed by atoms with E-state index in [9.17, 15) is 14.4 Å². The number of carbonyl (C=O) groups excluding carboxylic acids is 3. The Labute approximate surface area is 286 Å². The summed E-state index contributed by atoms with van der Waals surface area (Å²) in [6.07, 6.45) is 1.56. The molecular formula is C36H32N4O6S2. The number of hydrogen-bond donors (Lipinski definition) is 3. The van der Waals surface area contributed by atoms with Crippen molar-refractivity contribution in [3.8, 4) is 28.5 Å². The van der Waals surface area contributed by atoms with Crippen molar-refractivity contribution < 1.29 is 28.6 Å². The zero-order valence-electron chi connectivity index (χ0n) is 26.3. The smallest absolute Gasteiger partial charge is 0.272 e. The fourth-order valence-corrected chi connectivity index (χ4v) is 5.87. The fourth-order valence-electron chi connectivity index (χ4n) is 4.43. The molecule has 48 heavy (non-hydrogen) atoms. The SMILES string of the molecule is COc1cccc(-c2csc(NC(=O)CSc3ccc(NC(=O)/C(=C/c4ccc(OC)c(OC)c4)NC(=O)c4ccccc4)cc3)n2)c1. The van der Waals surface area contributed by atoms with Gasteiger partial charge in [0.25, 0.3) is 11.8 Å². The summed E-state index contributed by atoms with van der Waals surface area (Å²) < 4.78 is 16.0. The molecule has 1 heterocycles. The molecule has 0 bridgehead atoms. The quantitative estimate of drug-likeness (QED) is 0.0899. The van der Waals surface area contributed by atoms with Gasteiger partial charge in [0.15, 0.2) is 16.6 Å². The number of rotatable bonds is 13. The van der Waals surface area contributed by atoms with Crippen LogP contribution in [0.3, 0.4) is 0 Å². The second-order valence-electron chi connectivity index (χ2n) is 10.1. The predicted molar refractivity (Wildman–Crippen MR) is 190 cm³/mol. The lowest BCUT2D eigenvalue weighted by Gasteiger charge is -2.13. The molecule has 10 nitrogen and oxygen atoms in total. The minimum Gasteiger partial charge on any atom is -0.497 e.